The molecule has 0 amide bonds. The summed E-state index contributed by atoms with van der Waals surface area (Å²) in [6, 6.07) is 15.8. The van der Waals surface area contributed by atoms with Gasteiger partial charge in [0.1, 0.15) is 16.2 Å². The van der Waals surface area contributed by atoms with Gasteiger partial charge in [0.15, 0.2) is 0 Å². The van der Waals surface area contributed by atoms with E-state index in [4.69, 9.17) is 9.15 Å². The van der Waals surface area contributed by atoms with Crippen molar-refractivity contribution in [2.75, 3.05) is 0 Å². The zero-order valence-electron chi connectivity index (χ0n) is 11.8. The van der Waals surface area contributed by atoms with Crippen LogP contribution in [0.3, 0.4) is 0 Å². The topological polar surface area (TPSA) is 56.5 Å². The van der Waals surface area contributed by atoms with Gasteiger partial charge < -0.3 is 9.15 Å². The first-order valence-electron chi connectivity index (χ1n) is 6.94. The number of hydrogen-bond acceptors (Lipinski definition) is 5. The van der Waals surface area contributed by atoms with Crippen molar-refractivity contribution >= 4 is 39.0 Å². The molecule has 2 aromatic heterocycles. The van der Waals surface area contributed by atoms with Crippen molar-refractivity contribution in [1.82, 2.24) is 0 Å². The molecule has 2 heterocycles. The van der Waals surface area contributed by atoms with Gasteiger partial charge in [0.2, 0.25) is 0 Å². The highest BCUT2D eigenvalue weighted by Crippen LogP contribution is 2.26. The maximum atomic E-state index is 12.0. The summed E-state index contributed by atoms with van der Waals surface area (Å²) in [5.74, 6) is -0.0863. The molecule has 0 saturated heterocycles. The summed E-state index contributed by atoms with van der Waals surface area (Å²) in [7, 11) is 0. The fourth-order valence-corrected chi connectivity index (χ4v) is 3.07. The second-order valence-corrected chi connectivity index (χ2v) is 5.91. The first-order chi connectivity index (χ1) is 11.2. The molecule has 0 unspecified atom stereocenters. The van der Waals surface area contributed by atoms with Gasteiger partial charge in [0.25, 0.3) is 0 Å². The number of esters is 1. The minimum absolute atomic E-state index is 0.342. The monoisotopic (exact) mass is 322 g/mol. The lowest BCUT2D eigenvalue weighted by atomic mass is 10.1. The van der Waals surface area contributed by atoms with E-state index in [1.807, 2.05) is 17.5 Å². The first-order valence-corrected chi connectivity index (χ1v) is 7.81. The number of fused-ring (bicyclic) bond motifs is 3. The second-order valence-electron chi connectivity index (χ2n) is 4.96. The molecule has 0 fully saturated rings. The number of carbonyl (C=O) groups excluding carboxylic acids is 1. The van der Waals surface area contributed by atoms with Crippen LogP contribution in [0.25, 0.3) is 21.7 Å². The standard InChI is InChI=1S/C18H10O4S/c19-17-14-5-2-1-4-12(14)13-8-7-11(10-15(13)22-17)21-18(20)16-6-3-9-23-16/h1-10H. The van der Waals surface area contributed by atoms with Crippen molar-refractivity contribution < 1.29 is 13.9 Å². The van der Waals surface area contributed by atoms with Crippen molar-refractivity contribution in [2.45, 2.75) is 0 Å². The van der Waals surface area contributed by atoms with Crippen molar-refractivity contribution in [3.8, 4) is 5.75 Å². The van der Waals surface area contributed by atoms with E-state index in [0.717, 1.165) is 10.8 Å². The highest BCUT2D eigenvalue weighted by atomic mass is 32.1. The van der Waals surface area contributed by atoms with Crippen LogP contribution in [0.1, 0.15) is 9.67 Å². The zero-order valence-corrected chi connectivity index (χ0v) is 12.6. The summed E-state index contributed by atoms with van der Waals surface area (Å²) in [6.07, 6.45) is 0. The van der Waals surface area contributed by atoms with E-state index in [0.29, 0.717) is 21.6 Å². The van der Waals surface area contributed by atoms with E-state index in [-0.39, 0.29) is 0 Å². The van der Waals surface area contributed by atoms with Gasteiger partial charge in [-0.1, -0.05) is 24.3 Å². The first kappa shape index (κ1) is 13.7. The number of rotatable bonds is 2. The van der Waals surface area contributed by atoms with E-state index in [9.17, 15) is 9.59 Å². The quantitative estimate of drug-likeness (QED) is 0.240. The lowest BCUT2D eigenvalue weighted by Gasteiger charge is -2.05. The van der Waals surface area contributed by atoms with E-state index in [2.05, 4.69) is 0 Å². The maximum Gasteiger partial charge on any atom is 0.353 e. The fourth-order valence-electron chi connectivity index (χ4n) is 2.48. The summed E-state index contributed by atoms with van der Waals surface area (Å²) in [6.45, 7) is 0. The van der Waals surface area contributed by atoms with Crippen LogP contribution in [0.4, 0.5) is 0 Å². The fraction of sp³-hybridized carbons (Fsp3) is 0. The molecular weight excluding hydrogens is 312 g/mol. The Morgan fingerprint density at radius 1 is 0.957 bits per heavy atom. The molecule has 0 N–H and O–H groups in total. The molecule has 112 valence electrons. The van der Waals surface area contributed by atoms with Crippen molar-refractivity contribution in [2.24, 2.45) is 0 Å². The SMILES string of the molecule is O=C(Oc1ccc2c(c1)oc(=O)c1ccccc12)c1cccs1. The molecule has 0 aliphatic carbocycles. The van der Waals surface area contributed by atoms with Gasteiger partial charge in [-0.2, -0.15) is 0 Å². The summed E-state index contributed by atoms with van der Waals surface area (Å²) < 4.78 is 10.7. The summed E-state index contributed by atoms with van der Waals surface area (Å²) >= 11 is 1.31. The van der Waals surface area contributed by atoms with Crippen molar-refractivity contribution in [1.29, 1.82) is 0 Å². The second kappa shape index (κ2) is 5.37. The number of hydrogen-bond donors (Lipinski definition) is 0. The van der Waals surface area contributed by atoms with Crippen LogP contribution in [-0.2, 0) is 0 Å². The van der Waals surface area contributed by atoms with E-state index < -0.39 is 11.6 Å². The molecule has 23 heavy (non-hydrogen) atoms. The van der Waals surface area contributed by atoms with Gasteiger partial charge in [0.05, 0.1) is 5.39 Å². The van der Waals surface area contributed by atoms with Gasteiger partial charge in [-0.25, -0.2) is 9.59 Å². The van der Waals surface area contributed by atoms with Crippen LogP contribution in [0.5, 0.6) is 5.75 Å². The molecule has 5 heteroatoms. The summed E-state index contributed by atoms with van der Waals surface area (Å²) in [4.78, 5) is 24.5. The molecule has 0 atom stereocenters. The van der Waals surface area contributed by atoms with Crippen LogP contribution in [0.2, 0.25) is 0 Å². The average molecular weight is 322 g/mol. The van der Waals surface area contributed by atoms with Gasteiger partial charge in [-0.3, -0.25) is 0 Å². The lowest BCUT2D eigenvalue weighted by molar-refractivity contribution is 0.0740. The van der Waals surface area contributed by atoms with Crippen molar-refractivity contribution in [3.63, 3.8) is 0 Å². The van der Waals surface area contributed by atoms with E-state index in [1.165, 1.54) is 11.3 Å². The average Bonchev–Trinajstić information content (AvgIpc) is 3.09. The minimum Gasteiger partial charge on any atom is -0.422 e. The summed E-state index contributed by atoms with van der Waals surface area (Å²) in [5.41, 5.74) is -0.0139. The molecule has 0 radical (unpaired) electrons. The van der Waals surface area contributed by atoms with Gasteiger partial charge in [-0.15, -0.1) is 11.3 Å². The van der Waals surface area contributed by atoms with E-state index in [1.54, 1.807) is 42.5 Å². The van der Waals surface area contributed by atoms with Crippen LogP contribution >= 0.6 is 11.3 Å². The van der Waals surface area contributed by atoms with Crippen LogP contribution < -0.4 is 10.4 Å². The zero-order chi connectivity index (χ0) is 15.8. The van der Waals surface area contributed by atoms with Gasteiger partial charge in [0, 0.05) is 11.5 Å². The Morgan fingerprint density at radius 2 is 1.78 bits per heavy atom. The number of benzene rings is 2. The molecule has 4 nitrogen and oxygen atoms in total. The Labute approximate surface area is 134 Å². The van der Waals surface area contributed by atoms with Gasteiger partial charge in [-0.05, 0) is 35.0 Å². The normalized spacial score (nSPS) is 11.0. The third-order valence-corrected chi connectivity index (χ3v) is 4.38. The van der Waals surface area contributed by atoms with Crippen molar-refractivity contribution in [3.05, 3.63) is 75.3 Å². The van der Waals surface area contributed by atoms with Crippen LogP contribution in [0, 0.1) is 0 Å². The van der Waals surface area contributed by atoms with Gasteiger partial charge >= 0.3 is 11.6 Å². The molecule has 0 saturated carbocycles. The minimum atomic E-state index is -0.428. The predicted octanol–water partition coefficient (Wildman–Crippen LogP) is 4.23. The molecular formula is C18H10O4S. The molecule has 2 aromatic carbocycles. The maximum absolute atomic E-state index is 12.0. The molecule has 0 bridgehead atoms. The highest BCUT2D eigenvalue weighted by molar-refractivity contribution is 7.12. The smallest absolute Gasteiger partial charge is 0.353 e. The third-order valence-electron chi connectivity index (χ3n) is 3.53. The Bertz CT molecular complexity index is 1080. The number of ether oxygens (including phenoxy) is 1. The Hall–Kier alpha value is -2.92. The highest BCUT2D eigenvalue weighted by Gasteiger charge is 2.12. The van der Waals surface area contributed by atoms with Crippen LogP contribution in [0.15, 0.2) is 69.2 Å². The van der Waals surface area contributed by atoms with Crippen LogP contribution in [-0.4, -0.2) is 5.97 Å². The molecule has 4 aromatic rings. The summed E-state index contributed by atoms with van der Waals surface area (Å²) in [5, 5.41) is 3.96. The number of carbonyl (C=O) groups is 1. The predicted molar refractivity (Wildman–Crippen MR) is 89.3 cm³/mol. The number of thiophene rings is 1. The van der Waals surface area contributed by atoms with E-state index >= 15 is 0 Å². The third kappa shape index (κ3) is 2.41. The molecule has 4 rings (SSSR count). The molecule has 0 aliphatic heterocycles. The lowest BCUT2D eigenvalue weighted by Crippen LogP contribution is -2.06. The molecule has 0 spiro atoms. The Kier molecular flexibility index (Phi) is 3.20. The molecule has 0 aliphatic rings. The largest absolute Gasteiger partial charge is 0.422 e. The Balaban J connectivity index is 1.81. The Morgan fingerprint density at radius 3 is 2.57 bits per heavy atom.